The van der Waals surface area contributed by atoms with Crippen LogP contribution in [0.1, 0.15) is 0 Å². The van der Waals surface area contributed by atoms with E-state index in [2.05, 4.69) is 4.98 Å². The van der Waals surface area contributed by atoms with E-state index in [1.54, 1.807) is 24.3 Å². The molecule has 0 aliphatic rings. The van der Waals surface area contributed by atoms with Crippen LogP contribution < -0.4 is 56.1 Å². The first kappa shape index (κ1) is 15.0. The van der Waals surface area contributed by atoms with E-state index in [0.29, 0.717) is 5.52 Å². The van der Waals surface area contributed by atoms with Gasteiger partial charge in [-0.05, 0) is 12.1 Å². The van der Waals surface area contributed by atoms with Gasteiger partial charge in [0.05, 0.1) is 6.51 Å². The molecule has 0 unspecified atom stereocenters. The van der Waals surface area contributed by atoms with Crippen molar-refractivity contribution in [3.05, 3.63) is 36.5 Å². The minimum atomic E-state index is -4.94. The third-order valence-corrected chi connectivity index (χ3v) is 2.02. The molecule has 1 aromatic heterocycles. The second-order valence-electron chi connectivity index (χ2n) is 3.35. The molecule has 0 fully saturated rings. The van der Waals surface area contributed by atoms with Crippen LogP contribution in [0.15, 0.2) is 36.5 Å². The summed E-state index contributed by atoms with van der Waals surface area (Å²) in [4.78, 5) is 4.00. The number of hydrogen-bond acceptors (Lipinski definition) is 2. The van der Waals surface area contributed by atoms with Gasteiger partial charge in [0, 0.05) is 11.6 Å². The molecule has 0 atom stereocenters. The maximum Gasteiger partial charge on any atom is 1.00 e. The Morgan fingerprint density at radius 2 is 1.82 bits per heavy atom. The van der Waals surface area contributed by atoms with Gasteiger partial charge in [0.1, 0.15) is 11.3 Å². The molecule has 0 aliphatic heterocycles. The van der Waals surface area contributed by atoms with Crippen molar-refractivity contribution in [2.24, 2.45) is 0 Å². The largest absolute Gasteiger partial charge is 1.00 e. The summed E-state index contributed by atoms with van der Waals surface area (Å²) in [7, 11) is 0. The second-order valence-corrected chi connectivity index (χ2v) is 3.35. The summed E-state index contributed by atoms with van der Waals surface area (Å²) in [5.74, 6) is 0.164. The molecule has 17 heavy (non-hydrogen) atoms. The number of nitrogens with zero attached hydrogens (tertiary/aromatic N) is 1. The van der Waals surface area contributed by atoms with Gasteiger partial charge in [0.2, 0.25) is 0 Å². The number of aromatic nitrogens is 1. The number of para-hydroxylation sites is 1. The number of benzene rings is 1. The van der Waals surface area contributed by atoms with Gasteiger partial charge in [0.15, 0.2) is 0 Å². The van der Waals surface area contributed by atoms with Crippen molar-refractivity contribution < 1.29 is 69.1 Å². The molecular formula is C10H8BF3KNO. The Balaban J connectivity index is 0.00000144. The van der Waals surface area contributed by atoms with Gasteiger partial charge in [0.25, 0.3) is 0 Å². The number of pyridine rings is 1. The van der Waals surface area contributed by atoms with Crippen LogP contribution in [-0.2, 0) is 0 Å². The van der Waals surface area contributed by atoms with E-state index in [0.717, 1.165) is 5.39 Å². The van der Waals surface area contributed by atoms with Crippen LogP contribution in [0.25, 0.3) is 10.9 Å². The molecule has 0 radical (unpaired) electrons. The van der Waals surface area contributed by atoms with Gasteiger partial charge >= 0.3 is 58.4 Å². The average molecular weight is 265 g/mol. The Kier molecular flexibility index (Phi) is 5.46. The Bertz CT molecular complexity index is 501. The van der Waals surface area contributed by atoms with Crippen LogP contribution in [0.2, 0.25) is 0 Å². The van der Waals surface area contributed by atoms with E-state index < -0.39 is 13.5 Å². The van der Waals surface area contributed by atoms with Gasteiger partial charge in [-0.25, -0.2) is 0 Å². The van der Waals surface area contributed by atoms with Crippen molar-refractivity contribution in [3.8, 4) is 5.75 Å². The topological polar surface area (TPSA) is 22.1 Å². The molecule has 2 nitrogen and oxygen atoms in total. The predicted octanol–water partition coefficient (Wildman–Crippen LogP) is 0.00420. The zero-order valence-electron chi connectivity index (χ0n) is 9.24. The first-order valence-electron chi connectivity index (χ1n) is 4.74. The fourth-order valence-electron chi connectivity index (χ4n) is 1.38. The molecule has 0 bridgehead atoms. The monoisotopic (exact) mass is 265 g/mol. The van der Waals surface area contributed by atoms with Gasteiger partial charge in [-0.3, -0.25) is 4.98 Å². The molecule has 0 saturated heterocycles. The third kappa shape index (κ3) is 4.26. The number of ether oxygens (including phenoxy) is 1. The van der Waals surface area contributed by atoms with Crippen LogP contribution >= 0.6 is 0 Å². The van der Waals surface area contributed by atoms with E-state index in [4.69, 9.17) is 4.74 Å². The van der Waals surface area contributed by atoms with E-state index in [1.807, 2.05) is 0 Å². The second kappa shape index (κ2) is 6.19. The molecule has 2 aromatic rings. The van der Waals surface area contributed by atoms with Crippen molar-refractivity contribution >= 4 is 17.9 Å². The van der Waals surface area contributed by atoms with Crippen molar-refractivity contribution in [2.45, 2.75) is 0 Å². The van der Waals surface area contributed by atoms with Gasteiger partial charge < -0.3 is 17.7 Å². The van der Waals surface area contributed by atoms with Crippen molar-refractivity contribution in [1.29, 1.82) is 0 Å². The molecular weight excluding hydrogens is 257 g/mol. The van der Waals surface area contributed by atoms with Crippen LogP contribution in [0.3, 0.4) is 0 Å². The molecule has 1 heterocycles. The third-order valence-electron chi connectivity index (χ3n) is 2.02. The molecule has 0 spiro atoms. The Morgan fingerprint density at radius 3 is 2.53 bits per heavy atom. The van der Waals surface area contributed by atoms with E-state index >= 15 is 0 Å². The summed E-state index contributed by atoms with van der Waals surface area (Å²) in [6, 6.07) is 8.39. The van der Waals surface area contributed by atoms with E-state index in [9.17, 15) is 12.9 Å². The standard InChI is InChI=1S/C10H8BF3NO.K/c12-11(13,14)7-16-9-5-1-3-8-4-2-6-15-10(8)9;/h1-6H,7H2;/q-1;+1. The molecule has 84 valence electrons. The molecule has 0 amide bonds. The zero-order valence-corrected chi connectivity index (χ0v) is 12.4. The summed E-state index contributed by atoms with van der Waals surface area (Å²) in [5, 5.41) is 0.759. The van der Waals surface area contributed by atoms with Gasteiger partial charge in [-0.1, -0.05) is 18.2 Å². The molecule has 2 rings (SSSR count). The smallest absolute Gasteiger partial charge is 0.520 e. The zero-order chi connectivity index (χ0) is 11.6. The Hall–Kier alpha value is -0.0787. The summed E-state index contributed by atoms with van der Waals surface area (Å²) >= 11 is 0. The summed E-state index contributed by atoms with van der Waals surface area (Å²) in [6.07, 6.45) is 1.52. The normalized spacial score (nSPS) is 11.0. The Labute approximate surface area is 139 Å². The van der Waals surface area contributed by atoms with Crippen molar-refractivity contribution in [3.63, 3.8) is 0 Å². The Morgan fingerprint density at radius 1 is 1.12 bits per heavy atom. The summed E-state index contributed by atoms with van der Waals surface area (Å²) < 4.78 is 40.9. The maximum atomic E-state index is 12.1. The van der Waals surface area contributed by atoms with Crippen LogP contribution in [0.5, 0.6) is 5.75 Å². The summed E-state index contributed by atoms with van der Waals surface area (Å²) in [5.41, 5.74) is 0.449. The molecule has 7 heteroatoms. The van der Waals surface area contributed by atoms with Crippen molar-refractivity contribution in [2.75, 3.05) is 6.51 Å². The first-order chi connectivity index (χ1) is 7.56. The SMILES string of the molecule is F[B-](F)(F)COc1cccc2cccnc12.[K+]. The van der Waals surface area contributed by atoms with Crippen LogP contribution in [0.4, 0.5) is 12.9 Å². The number of rotatable bonds is 3. The fourth-order valence-corrected chi connectivity index (χ4v) is 1.38. The van der Waals surface area contributed by atoms with Crippen molar-refractivity contribution in [1.82, 2.24) is 4.98 Å². The van der Waals surface area contributed by atoms with E-state index in [-0.39, 0.29) is 57.1 Å². The van der Waals surface area contributed by atoms with E-state index in [1.165, 1.54) is 12.3 Å². The van der Waals surface area contributed by atoms with Crippen LogP contribution in [-0.4, -0.2) is 18.5 Å². The van der Waals surface area contributed by atoms with Gasteiger partial charge in [-0.15, -0.1) is 0 Å². The number of halogens is 3. The maximum absolute atomic E-state index is 12.1. The molecule has 1 aromatic carbocycles. The molecule has 0 saturated carbocycles. The minimum absolute atomic E-state index is 0. The molecule has 0 aliphatic carbocycles. The fraction of sp³-hybridized carbons (Fsp3) is 0.100. The average Bonchev–Trinajstić information content (AvgIpc) is 2.25. The van der Waals surface area contributed by atoms with Gasteiger partial charge in [-0.2, -0.15) is 0 Å². The number of fused-ring (bicyclic) bond motifs is 1. The quantitative estimate of drug-likeness (QED) is 0.729. The van der Waals surface area contributed by atoms with Crippen LogP contribution in [0, 0.1) is 0 Å². The first-order valence-corrected chi connectivity index (χ1v) is 4.74. The predicted molar refractivity (Wildman–Crippen MR) is 56.3 cm³/mol. The molecule has 0 N–H and O–H groups in total. The number of hydrogen-bond donors (Lipinski definition) is 0. The minimum Gasteiger partial charge on any atom is -0.520 e. The summed E-state index contributed by atoms with van der Waals surface area (Å²) in [6.45, 7) is -6.18.